The molecule has 0 radical (unpaired) electrons. The molecule has 2 amide bonds. The van der Waals surface area contributed by atoms with Crippen molar-refractivity contribution in [1.29, 1.82) is 0 Å². The molecule has 148 valence electrons. The summed E-state index contributed by atoms with van der Waals surface area (Å²) in [4.78, 5) is 31.0. The largest absolute Gasteiger partial charge is 0.326 e. The quantitative estimate of drug-likeness (QED) is 0.774. The number of nitrogens with zero attached hydrogens (tertiary/aromatic N) is 2. The van der Waals surface area contributed by atoms with Gasteiger partial charge in [-0.1, -0.05) is 17.7 Å². The predicted octanol–water partition coefficient (Wildman–Crippen LogP) is 3.72. The van der Waals surface area contributed by atoms with E-state index in [1.807, 2.05) is 19.1 Å². The lowest BCUT2D eigenvalue weighted by Gasteiger charge is -2.31. The zero-order valence-corrected chi connectivity index (χ0v) is 16.7. The normalized spacial score (nSPS) is 15.2. The number of hydrogen-bond acceptors (Lipinski definition) is 4. The Morgan fingerprint density at radius 3 is 2.46 bits per heavy atom. The van der Waals surface area contributed by atoms with Gasteiger partial charge in [0.2, 0.25) is 11.8 Å². The zero-order chi connectivity index (χ0) is 19.9. The molecule has 1 aromatic heterocycles. The molecule has 0 bridgehead atoms. The molecule has 1 aromatic carbocycles. The zero-order valence-electron chi connectivity index (χ0n) is 16.0. The number of piperidine rings is 1. The summed E-state index contributed by atoms with van der Waals surface area (Å²) in [5.74, 6) is 0.586. The number of pyridine rings is 1. The Bertz CT molecular complexity index is 800. The SMILES string of the molecule is Cc1ccc(NC(=O)C2CCN(CCC(=O)Nc3ccc(Cl)cc3)CC2)nc1. The number of carbonyl (C=O) groups excluding carboxylic acids is 2. The van der Waals surface area contributed by atoms with Crippen LogP contribution >= 0.6 is 11.6 Å². The van der Waals surface area contributed by atoms with Gasteiger partial charge in [0, 0.05) is 35.8 Å². The summed E-state index contributed by atoms with van der Waals surface area (Å²) in [6.45, 7) is 4.28. The molecular weight excluding hydrogens is 376 g/mol. The molecule has 2 heterocycles. The Kier molecular flexibility index (Phi) is 7.01. The van der Waals surface area contributed by atoms with Gasteiger partial charge in [-0.25, -0.2) is 4.98 Å². The summed E-state index contributed by atoms with van der Waals surface area (Å²) in [6.07, 6.45) is 3.74. The molecule has 28 heavy (non-hydrogen) atoms. The lowest BCUT2D eigenvalue weighted by Crippen LogP contribution is -2.39. The highest BCUT2D eigenvalue weighted by Crippen LogP contribution is 2.19. The summed E-state index contributed by atoms with van der Waals surface area (Å²) in [7, 11) is 0. The van der Waals surface area contributed by atoms with Gasteiger partial charge in [-0.3, -0.25) is 9.59 Å². The molecule has 1 saturated heterocycles. The number of halogens is 1. The Hall–Kier alpha value is -2.44. The number of anilines is 2. The van der Waals surface area contributed by atoms with Crippen LogP contribution in [-0.4, -0.2) is 41.3 Å². The molecule has 0 spiro atoms. The molecule has 1 aliphatic heterocycles. The minimum absolute atomic E-state index is 0.0118. The summed E-state index contributed by atoms with van der Waals surface area (Å²) in [5, 5.41) is 6.41. The highest BCUT2D eigenvalue weighted by Gasteiger charge is 2.25. The molecule has 2 N–H and O–H groups in total. The molecule has 7 heteroatoms. The first-order valence-electron chi connectivity index (χ1n) is 9.51. The number of rotatable bonds is 6. The number of carbonyl (C=O) groups is 2. The second-order valence-electron chi connectivity index (χ2n) is 7.13. The molecule has 6 nitrogen and oxygen atoms in total. The van der Waals surface area contributed by atoms with Gasteiger partial charge in [0.15, 0.2) is 0 Å². The average molecular weight is 401 g/mol. The Balaban J connectivity index is 1.37. The average Bonchev–Trinajstić information content (AvgIpc) is 2.70. The first-order valence-corrected chi connectivity index (χ1v) is 9.89. The molecule has 0 saturated carbocycles. The van der Waals surface area contributed by atoms with Crippen LogP contribution in [0.2, 0.25) is 5.02 Å². The smallest absolute Gasteiger partial charge is 0.228 e. The maximum Gasteiger partial charge on any atom is 0.228 e. The van der Waals surface area contributed by atoms with Crippen molar-refractivity contribution in [3.8, 4) is 0 Å². The Morgan fingerprint density at radius 2 is 1.82 bits per heavy atom. The third-order valence-corrected chi connectivity index (χ3v) is 5.16. The third kappa shape index (κ3) is 6.04. The van der Waals surface area contributed by atoms with Crippen LogP contribution in [0.3, 0.4) is 0 Å². The van der Waals surface area contributed by atoms with Crippen LogP contribution in [0.25, 0.3) is 0 Å². The van der Waals surface area contributed by atoms with Crippen molar-refractivity contribution in [2.24, 2.45) is 5.92 Å². The fourth-order valence-electron chi connectivity index (χ4n) is 3.21. The highest BCUT2D eigenvalue weighted by molar-refractivity contribution is 6.30. The van der Waals surface area contributed by atoms with Gasteiger partial charge in [0.05, 0.1) is 0 Å². The van der Waals surface area contributed by atoms with E-state index in [0.29, 0.717) is 23.8 Å². The van der Waals surface area contributed by atoms with E-state index in [4.69, 9.17) is 11.6 Å². The van der Waals surface area contributed by atoms with Crippen molar-refractivity contribution >= 4 is 34.9 Å². The van der Waals surface area contributed by atoms with E-state index in [9.17, 15) is 9.59 Å². The van der Waals surface area contributed by atoms with Crippen LogP contribution in [0.1, 0.15) is 24.8 Å². The predicted molar refractivity (Wildman–Crippen MR) is 111 cm³/mol. The van der Waals surface area contributed by atoms with Crippen molar-refractivity contribution in [2.75, 3.05) is 30.3 Å². The van der Waals surface area contributed by atoms with Crippen LogP contribution in [0.4, 0.5) is 11.5 Å². The maximum atomic E-state index is 12.4. The second-order valence-corrected chi connectivity index (χ2v) is 7.57. The maximum absolute atomic E-state index is 12.4. The molecular formula is C21H25ClN4O2. The number of nitrogens with one attached hydrogen (secondary N) is 2. The molecule has 2 aromatic rings. The van der Waals surface area contributed by atoms with Gasteiger partial charge < -0.3 is 15.5 Å². The summed E-state index contributed by atoms with van der Waals surface area (Å²) < 4.78 is 0. The molecule has 0 atom stereocenters. The van der Waals surface area contributed by atoms with Crippen molar-refractivity contribution < 1.29 is 9.59 Å². The van der Waals surface area contributed by atoms with Gasteiger partial charge in [0.25, 0.3) is 0 Å². The van der Waals surface area contributed by atoms with Crippen LogP contribution in [0, 0.1) is 12.8 Å². The minimum Gasteiger partial charge on any atom is -0.326 e. The highest BCUT2D eigenvalue weighted by atomic mass is 35.5. The van der Waals surface area contributed by atoms with Crippen LogP contribution < -0.4 is 10.6 Å². The van der Waals surface area contributed by atoms with E-state index in [2.05, 4.69) is 20.5 Å². The van der Waals surface area contributed by atoms with Crippen LogP contribution in [0.15, 0.2) is 42.6 Å². The second kappa shape index (κ2) is 9.66. The summed E-state index contributed by atoms with van der Waals surface area (Å²) in [5.41, 5.74) is 1.81. The van der Waals surface area contributed by atoms with Crippen molar-refractivity contribution in [2.45, 2.75) is 26.2 Å². The molecule has 0 aliphatic carbocycles. The van der Waals surface area contributed by atoms with E-state index in [0.717, 1.165) is 37.2 Å². The minimum atomic E-state index is -0.0207. The van der Waals surface area contributed by atoms with Gasteiger partial charge in [-0.05, 0) is 68.8 Å². The number of likely N-dealkylation sites (tertiary alicyclic amines) is 1. The van der Waals surface area contributed by atoms with E-state index in [1.54, 1.807) is 30.5 Å². The number of amides is 2. The lowest BCUT2D eigenvalue weighted by atomic mass is 9.96. The Morgan fingerprint density at radius 1 is 1.11 bits per heavy atom. The van der Waals surface area contributed by atoms with E-state index in [1.165, 1.54) is 0 Å². The van der Waals surface area contributed by atoms with E-state index in [-0.39, 0.29) is 17.7 Å². The molecule has 3 rings (SSSR count). The molecule has 1 aliphatic rings. The van der Waals surface area contributed by atoms with Crippen molar-refractivity contribution in [3.63, 3.8) is 0 Å². The molecule has 0 unspecified atom stereocenters. The van der Waals surface area contributed by atoms with Gasteiger partial charge >= 0.3 is 0 Å². The van der Waals surface area contributed by atoms with Crippen LogP contribution in [-0.2, 0) is 9.59 Å². The van der Waals surface area contributed by atoms with Gasteiger partial charge in [-0.2, -0.15) is 0 Å². The first kappa shape index (κ1) is 20.3. The lowest BCUT2D eigenvalue weighted by molar-refractivity contribution is -0.121. The fourth-order valence-corrected chi connectivity index (χ4v) is 3.33. The topological polar surface area (TPSA) is 74.3 Å². The summed E-state index contributed by atoms with van der Waals surface area (Å²) in [6, 6.07) is 10.8. The summed E-state index contributed by atoms with van der Waals surface area (Å²) >= 11 is 5.85. The third-order valence-electron chi connectivity index (χ3n) is 4.90. The Labute approximate surface area is 170 Å². The number of hydrogen-bond donors (Lipinski definition) is 2. The monoisotopic (exact) mass is 400 g/mol. The van der Waals surface area contributed by atoms with Crippen molar-refractivity contribution in [3.05, 3.63) is 53.2 Å². The van der Waals surface area contributed by atoms with E-state index < -0.39 is 0 Å². The standard InChI is InChI=1S/C21H25ClN4O2/c1-15-2-7-19(23-14-15)25-21(28)16-8-11-26(12-9-16)13-10-20(27)24-18-5-3-17(22)4-6-18/h2-7,14,16H,8-13H2,1H3,(H,24,27)(H,23,25,28). The molecule has 1 fully saturated rings. The number of aryl methyl sites for hydroxylation is 1. The number of aromatic nitrogens is 1. The first-order chi connectivity index (χ1) is 13.5. The van der Waals surface area contributed by atoms with E-state index >= 15 is 0 Å². The van der Waals surface area contributed by atoms with Gasteiger partial charge in [-0.15, -0.1) is 0 Å². The number of benzene rings is 1. The van der Waals surface area contributed by atoms with Gasteiger partial charge in [0.1, 0.15) is 5.82 Å². The fraction of sp³-hybridized carbons (Fsp3) is 0.381. The van der Waals surface area contributed by atoms with Crippen molar-refractivity contribution in [1.82, 2.24) is 9.88 Å². The van der Waals surface area contributed by atoms with Crippen LogP contribution in [0.5, 0.6) is 0 Å².